The predicted octanol–water partition coefficient (Wildman–Crippen LogP) is 3.24. The molecule has 0 aromatic carbocycles. The molecule has 2 aliphatic rings. The minimum absolute atomic E-state index is 0.124. The van der Waals surface area contributed by atoms with Crippen molar-refractivity contribution in [3.8, 4) is 0 Å². The molecule has 1 fully saturated rings. The number of ether oxygens (including phenoxy) is 1. The van der Waals surface area contributed by atoms with Crippen LogP contribution in [-0.2, 0) is 22.5 Å². The molecule has 3 heterocycles. The maximum atomic E-state index is 12.4. The Bertz CT molecular complexity index is 832. The molecule has 132 valence electrons. The van der Waals surface area contributed by atoms with Crippen LogP contribution >= 0.6 is 11.3 Å². The van der Waals surface area contributed by atoms with Gasteiger partial charge in [0.25, 0.3) is 5.91 Å². The zero-order valence-corrected chi connectivity index (χ0v) is 15.4. The standard InChI is InChI=1S/C19H22N2O3S/c1-12-9-16(13(2)21(12)15-3-4-15)19(23)24-11-18(22)20-7-5-17-14(10-20)6-8-25-17/h6,8-9,15H,3-5,7,10-11H2,1-2H3. The van der Waals surface area contributed by atoms with Gasteiger partial charge in [-0.25, -0.2) is 4.79 Å². The van der Waals surface area contributed by atoms with Gasteiger partial charge in [0.2, 0.25) is 0 Å². The van der Waals surface area contributed by atoms with Crippen LogP contribution in [0.4, 0.5) is 0 Å². The van der Waals surface area contributed by atoms with E-state index in [1.165, 1.54) is 23.3 Å². The number of nitrogens with zero attached hydrogens (tertiary/aromatic N) is 2. The first-order valence-corrected chi connectivity index (χ1v) is 9.61. The fraction of sp³-hybridized carbons (Fsp3) is 0.474. The maximum Gasteiger partial charge on any atom is 0.340 e. The van der Waals surface area contributed by atoms with E-state index in [9.17, 15) is 9.59 Å². The number of aryl methyl sites for hydroxylation is 1. The van der Waals surface area contributed by atoms with Gasteiger partial charge in [-0.15, -0.1) is 11.3 Å². The van der Waals surface area contributed by atoms with Gasteiger partial charge >= 0.3 is 5.97 Å². The van der Waals surface area contributed by atoms with Crippen LogP contribution in [0.15, 0.2) is 17.5 Å². The summed E-state index contributed by atoms with van der Waals surface area (Å²) in [6, 6.07) is 4.47. The first kappa shape index (κ1) is 16.4. The minimum Gasteiger partial charge on any atom is -0.452 e. The zero-order valence-electron chi connectivity index (χ0n) is 14.6. The van der Waals surface area contributed by atoms with Crippen molar-refractivity contribution in [1.29, 1.82) is 0 Å². The Morgan fingerprint density at radius 1 is 1.32 bits per heavy atom. The van der Waals surface area contributed by atoms with E-state index in [-0.39, 0.29) is 12.5 Å². The van der Waals surface area contributed by atoms with E-state index in [2.05, 4.69) is 16.0 Å². The van der Waals surface area contributed by atoms with Crippen molar-refractivity contribution in [2.24, 2.45) is 0 Å². The monoisotopic (exact) mass is 358 g/mol. The highest BCUT2D eigenvalue weighted by Gasteiger charge is 2.29. The molecule has 2 aromatic heterocycles. The van der Waals surface area contributed by atoms with Crippen LogP contribution in [0, 0.1) is 13.8 Å². The molecular weight excluding hydrogens is 336 g/mol. The molecule has 0 saturated heterocycles. The molecule has 0 unspecified atom stereocenters. The van der Waals surface area contributed by atoms with Crippen LogP contribution < -0.4 is 0 Å². The highest BCUT2D eigenvalue weighted by Crippen LogP contribution is 2.38. The van der Waals surface area contributed by atoms with Crippen LogP contribution in [0.1, 0.15) is 51.1 Å². The number of hydrogen-bond acceptors (Lipinski definition) is 4. The summed E-state index contributed by atoms with van der Waals surface area (Å²) in [5, 5.41) is 2.06. The van der Waals surface area contributed by atoms with E-state index in [1.807, 2.05) is 19.9 Å². The summed E-state index contributed by atoms with van der Waals surface area (Å²) in [6.07, 6.45) is 3.22. The Hall–Kier alpha value is -2.08. The third kappa shape index (κ3) is 3.11. The molecule has 25 heavy (non-hydrogen) atoms. The molecule has 5 nitrogen and oxygen atoms in total. The smallest absolute Gasteiger partial charge is 0.340 e. The normalized spacial score (nSPS) is 16.6. The van der Waals surface area contributed by atoms with E-state index in [1.54, 1.807) is 16.2 Å². The van der Waals surface area contributed by atoms with Crippen molar-refractivity contribution in [3.05, 3.63) is 44.9 Å². The van der Waals surface area contributed by atoms with Crippen molar-refractivity contribution in [2.45, 2.75) is 45.7 Å². The third-order valence-electron chi connectivity index (χ3n) is 5.10. The Morgan fingerprint density at radius 3 is 2.88 bits per heavy atom. The highest BCUT2D eigenvalue weighted by atomic mass is 32.1. The number of thiophene rings is 1. The number of carbonyl (C=O) groups excluding carboxylic acids is 2. The van der Waals surface area contributed by atoms with Crippen molar-refractivity contribution in [3.63, 3.8) is 0 Å². The summed E-state index contributed by atoms with van der Waals surface area (Å²) in [6.45, 7) is 5.09. The zero-order chi connectivity index (χ0) is 17.6. The van der Waals surface area contributed by atoms with Gasteiger partial charge in [-0.2, -0.15) is 0 Å². The van der Waals surface area contributed by atoms with Gasteiger partial charge in [0.05, 0.1) is 5.56 Å². The average molecular weight is 358 g/mol. The lowest BCUT2D eigenvalue weighted by atomic mass is 10.1. The Labute approximate surface area is 151 Å². The Morgan fingerprint density at radius 2 is 2.12 bits per heavy atom. The SMILES string of the molecule is Cc1cc(C(=O)OCC(=O)N2CCc3sccc3C2)c(C)n1C1CC1. The molecule has 1 aliphatic heterocycles. The van der Waals surface area contributed by atoms with E-state index in [0.717, 1.165) is 17.8 Å². The van der Waals surface area contributed by atoms with Crippen molar-refractivity contribution in [1.82, 2.24) is 9.47 Å². The number of esters is 1. The molecule has 6 heteroatoms. The molecule has 1 amide bonds. The molecule has 1 aliphatic carbocycles. The van der Waals surface area contributed by atoms with Crippen molar-refractivity contribution in [2.75, 3.05) is 13.2 Å². The summed E-state index contributed by atoms with van der Waals surface area (Å²) in [5.41, 5.74) is 3.82. The second kappa shape index (κ2) is 6.33. The number of carbonyl (C=O) groups is 2. The summed E-state index contributed by atoms with van der Waals surface area (Å²) in [7, 11) is 0. The summed E-state index contributed by atoms with van der Waals surface area (Å²) >= 11 is 1.74. The van der Waals surface area contributed by atoms with Crippen LogP contribution in [0.3, 0.4) is 0 Å². The molecular formula is C19H22N2O3S. The van der Waals surface area contributed by atoms with Crippen LogP contribution in [0.2, 0.25) is 0 Å². The number of fused-ring (bicyclic) bond motifs is 1. The fourth-order valence-electron chi connectivity index (χ4n) is 3.64. The van der Waals surface area contributed by atoms with Gasteiger partial charge < -0.3 is 14.2 Å². The molecule has 0 N–H and O–H groups in total. The second-order valence-corrected chi connectivity index (χ2v) is 7.90. The first-order valence-electron chi connectivity index (χ1n) is 8.73. The van der Waals surface area contributed by atoms with Gasteiger partial charge in [0, 0.05) is 35.4 Å². The van der Waals surface area contributed by atoms with Crippen molar-refractivity contribution >= 4 is 23.2 Å². The molecule has 0 atom stereocenters. The minimum atomic E-state index is -0.401. The van der Waals surface area contributed by atoms with E-state index in [0.29, 0.717) is 24.7 Å². The quantitative estimate of drug-likeness (QED) is 0.789. The summed E-state index contributed by atoms with van der Waals surface area (Å²) in [5.74, 6) is -0.525. The lowest BCUT2D eigenvalue weighted by Gasteiger charge is -2.26. The van der Waals surface area contributed by atoms with E-state index >= 15 is 0 Å². The largest absolute Gasteiger partial charge is 0.452 e. The Kier molecular flexibility index (Phi) is 4.15. The molecule has 2 aromatic rings. The molecule has 0 radical (unpaired) electrons. The van der Waals surface area contributed by atoms with Gasteiger partial charge in [-0.3, -0.25) is 4.79 Å². The van der Waals surface area contributed by atoms with Crippen LogP contribution in [-0.4, -0.2) is 34.5 Å². The second-order valence-electron chi connectivity index (χ2n) is 6.90. The van der Waals surface area contributed by atoms with Gasteiger partial charge in [-0.05, 0) is 56.2 Å². The van der Waals surface area contributed by atoms with E-state index in [4.69, 9.17) is 4.74 Å². The Balaban J connectivity index is 1.37. The van der Waals surface area contributed by atoms with Gasteiger partial charge in [-0.1, -0.05) is 0 Å². The lowest BCUT2D eigenvalue weighted by Crippen LogP contribution is -2.38. The van der Waals surface area contributed by atoms with Gasteiger partial charge in [0.15, 0.2) is 6.61 Å². The predicted molar refractivity (Wildman–Crippen MR) is 95.9 cm³/mol. The lowest BCUT2D eigenvalue weighted by molar-refractivity contribution is -0.135. The summed E-state index contributed by atoms with van der Waals surface area (Å²) < 4.78 is 7.53. The van der Waals surface area contributed by atoms with Crippen molar-refractivity contribution < 1.29 is 14.3 Å². The molecule has 0 bridgehead atoms. The van der Waals surface area contributed by atoms with Gasteiger partial charge in [0.1, 0.15) is 0 Å². The first-order chi connectivity index (χ1) is 12.0. The molecule has 0 spiro atoms. The number of amides is 1. The third-order valence-corrected chi connectivity index (χ3v) is 6.13. The average Bonchev–Trinajstić information content (AvgIpc) is 3.23. The number of rotatable bonds is 4. The summed E-state index contributed by atoms with van der Waals surface area (Å²) in [4.78, 5) is 27.9. The number of aromatic nitrogens is 1. The maximum absolute atomic E-state index is 12.4. The molecule has 1 saturated carbocycles. The van der Waals surface area contributed by atoms with E-state index < -0.39 is 5.97 Å². The van der Waals surface area contributed by atoms with Crippen LogP contribution in [0.5, 0.6) is 0 Å². The topological polar surface area (TPSA) is 51.5 Å². The van der Waals surface area contributed by atoms with Crippen LogP contribution in [0.25, 0.3) is 0 Å². The fourth-order valence-corrected chi connectivity index (χ4v) is 4.53. The molecule has 4 rings (SSSR count). The highest BCUT2D eigenvalue weighted by molar-refractivity contribution is 7.10. The number of hydrogen-bond donors (Lipinski definition) is 0.